The third kappa shape index (κ3) is 3.93. The maximum atomic E-state index is 14.0. The zero-order valence-electron chi connectivity index (χ0n) is 14.8. The Bertz CT molecular complexity index is 1010. The molecule has 3 rings (SSSR count). The number of carbonyl (C=O) groups excluding carboxylic acids is 1. The fraction of sp³-hybridized carbons (Fsp3) is 0.222. The fourth-order valence-corrected chi connectivity index (χ4v) is 3.57. The number of aromatic nitrogens is 1. The molecular formula is C18H17FN4O3S. The van der Waals surface area contributed by atoms with Crippen molar-refractivity contribution in [1.82, 2.24) is 9.88 Å². The maximum Gasteiger partial charge on any atom is 0.282 e. The number of nitro benzene ring substituents is 1. The van der Waals surface area contributed by atoms with Crippen LogP contribution in [0.25, 0.3) is 10.2 Å². The van der Waals surface area contributed by atoms with Gasteiger partial charge >= 0.3 is 0 Å². The SMILES string of the molecule is CN(C)CCN(C(=O)c1ccccc1[N+](=O)[O-])c1nc2c(F)cccc2s1. The molecule has 2 aromatic carbocycles. The second-order valence-electron chi connectivity index (χ2n) is 6.12. The van der Waals surface area contributed by atoms with Gasteiger partial charge in [0.05, 0.1) is 9.62 Å². The molecule has 0 unspecified atom stereocenters. The predicted molar refractivity (Wildman–Crippen MR) is 103 cm³/mol. The number of nitro groups is 1. The second-order valence-corrected chi connectivity index (χ2v) is 7.13. The molecule has 0 aliphatic carbocycles. The van der Waals surface area contributed by atoms with Crippen molar-refractivity contribution in [1.29, 1.82) is 0 Å². The van der Waals surface area contributed by atoms with Crippen molar-refractivity contribution in [3.63, 3.8) is 0 Å². The molecule has 0 saturated heterocycles. The van der Waals surface area contributed by atoms with Gasteiger partial charge in [-0.2, -0.15) is 0 Å². The number of nitrogens with zero attached hydrogens (tertiary/aromatic N) is 4. The minimum absolute atomic E-state index is 0.0269. The van der Waals surface area contributed by atoms with E-state index < -0.39 is 16.6 Å². The summed E-state index contributed by atoms with van der Waals surface area (Å²) in [4.78, 5) is 31.4. The average Bonchev–Trinajstić information content (AvgIpc) is 3.06. The monoisotopic (exact) mass is 388 g/mol. The van der Waals surface area contributed by atoms with Crippen LogP contribution in [0.3, 0.4) is 0 Å². The molecule has 7 nitrogen and oxygen atoms in total. The predicted octanol–water partition coefficient (Wildman–Crippen LogP) is 3.55. The summed E-state index contributed by atoms with van der Waals surface area (Å²) < 4.78 is 14.6. The lowest BCUT2D eigenvalue weighted by Gasteiger charge is -2.21. The summed E-state index contributed by atoms with van der Waals surface area (Å²) in [6.07, 6.45) is 0. The van der Waals surface area contributed by atoms with Crippen molar-refractivity contribution in [2.45, 2.75) is 0 Å². The topological polar surface area (TPSA) is 79.6 Å². The number of halogens is 1. The fourth-order valence-electron chi connectivity index (χ4n) is 2.56. The van der Waals surface area contributed by atoms with E-state index in [4.69, 9.17) is 0 Å². The standard InChI is InChI=1S/C18H17FN4O3S/c1-21(2)10-11-22(17(24)12-6-3-4-8-14(12)23(25)26)18-20-16-13(19)7-5-9-15(16)27-18/h3-9H,10-11H2,1-2H3. The van der Waals surface area contributed by atoms with Crippen LogP contribution in [0, 0.1) is 15.9 Å². The van der Waals surface area contributed by atoms with E-state index in [-0.39, 0.29) is 23.3 Å². The number of hydrogen-bond donors (Lipinski definition) is 0. The molecule has 0 spiro atoms. The molecule has 140 valence electrons. The molecule has 1 aromatic heterocycles. The van der Waals surface area contributed by atoms with Crippen LogP contribution in [-0.2, 0) is 0 Å². The van der Waals surface area contributed by atoms with E-state index in [0.717, 1.165) is 0 Å². The number of likely N-dealkylation sites (N-methyl/N-ethyl adjacent to an activating group) is 1. The zero-order valence-corrected chi connectivity index (χ0v) is 15.6. The summed E-state index contributed by atoms with van der Waals surface area (Å²) in [5.74, 6) is -1.01. The van der Waals surface area contributed by atoms with E-state index in [1.165, 1.54) is 40.5 Å². The van der Waals surface area contributed by atoms with Crippen LogP contribution in [0.5, 0.6) is 0 Å². The van der Waals surface area contributed by atoms with Crippen LogP contribution >= 0.6 is 11.3 Å². The Hall–Kier alpha value is -2.91. The van der Waals surface area contributed by atoms with Gasteiger partial charge in [0.2, 0.25) is 0 Å². The number of para-hydroxylation sites is 2. The molecular weight excluding hydrogens is 371 g/mol. The smallest absolute Gasteiger partial charge is 0.282 e. The van der Waals surface area contributed by atoms with E-state index in [2.05, 4.69) is 4.98 Å². The van der Waals surface area contributed by atoms with Gasteiger partial charge in [0, 0.05) is 19.2 Å². The van der Waals surface area contributed by atoms with E-state index in [1.807, 2.05) is 19.0 Å². The molecule has 0 radical (unpaired) electrons. The highest BCUT2D eigenvalue weighted by Crippen LogP contribution is 2.32. The number of benzene rings is 2. The molecule has 1 amide bonds. The molecule has 0 saturated carbocycles. The van der Waals surface area contributed by atoms with Crippen molar-refractivity contribution >= 4 is 38.3 Å². The molecule has 0 aliphatic rings. The number of rotatable bonds is 6. The Morgan fingerprint density at radius 2 is 1.93 bits per heavy atom. The van der Waals surface area contributed by atoms with Crippen molar-refractivity contribution in [3.8, 4) is 0 Å². The third-order valence-corrected chi connectivity index (χ3v) is 4.98. The van der Waals surface area contributed by atoms with Crippen LogP contribution in [0.2, 0.25) is 0 Å². The molecule has 0 aliphatic heterocycles. The largest absolute Gasteiger partial charge is 0.308 e. The molecule has 27 heavy (non-hydrogen) atoms. The first-order valence-electron chi connectivity index (χ1n) is 8.13. The highest BCUT2D eigenvalue weighted by Gasteiger charge is 2.27. The van der Waals surface area contributed by atoms with Crippen LogP contribution in [0.15, 0.2) is 42.5 Å². The second kappa shape index (κ2) is 7.77. The maximum absolute atomic E-state index is 14.0. The zero-order chi connectivity index (χ0) is 19.6. The molecule has 0 N–H and O–H groups in total. The Balaban J connectivity index is 2.06. The summed E-state index contributed by atoms with van der Waals surface area (Å²) in [7, 11) is 3.71. The van der Waals surface area contributed by atoms with Crippen molar-refractivity contribution in [2.24, 2.45) is 0 Å². The van der Waals surface area contributed by atoms with Gasteiger partial charge in [0.15, 0.2) is 5.13 Å². The number of thiazole rings is 1. The highest BCUT2D eigenvalue weighted by atomic mass is 32.1. The van der Waals surface area contributed by atoms with Gasteiger partial charge in [0.25, 0.3) is 11.6 Å². The van der Waals surface area contributed by atoms with Gasteiger partial charge in [-0.1, -0.05) is 29.5 Å². The summed E-state index contributed by atoms with van der Waals surface area (Å²) >= 11 is 1.17. The van der Waals surface area contributed by atoms with Gasteiger partial charge < -0.3 is 4.90 Å². The summed E-state index contributed by atoms with van der Waals surface area (Å²) in [5.41, 5.74) is -0.117. The normalized spacial score (nSPS) is 11.1. The molecule has 9 heteroatoms. The van der Waals surface area contributed by atoms with Gasteiger partial charge in [-0.05, 0) is 32.3 Å². The number of anilines is 1. The molecule has 0 bridgehead atoms. The van der Waals surface area contributed by atoms with E-state index in [0.29, 0.717) is 16.4 Å². The first-order chi connectivity index (χ1) is 12.9. The first kappa shape index (κ1) is 18.9. The number of hydrogen-bond acceptors (Lipinski definition) is 6. The highest BCUT2D eigenvalue weighted by molar-refractivity contribution is 7.22. The Morgan fingerprint density at radius 1 is 1.19 bits per heavy atom. The molecule has 0 atom stereocenters. The Morgan fingerprint density at radius 3 is 2.59 bits per heavy atom. The van der Waals surface area contributed by atoms with Crippen molar-refractivity contribution in [2.75, 3.05) is 32.1 Å². The molecule has 0 fully saturated rings. The Labute approximate surface area is 158 Å². The lowest BCUT2D eigenvalue weighted by Crippen LogP contribution is -2.37. The Kier molecular flexibility index (Phi) is 5.43. The summed E-state index contributed by atoms with van der Waals surface area (Å²) in [6, 6.07) is 10.4. The van der Waals surface area contributed by atoms with Crippen LogP contribution < -0.4 is 4.90 Å². The first-order valence-corrected chi connectivity index (χ1v) is 8.95. The third-order valence-electron chi connectivity index (χ3n) is 3.94. The van der Waals surface area contributed by atoms with Gasteiger partial charge in [0.1, 0.15) is 16.9 Å². The number of carbonyl (C=O) groups is 1. The van der Waals surface area contributed by atoms with Crippen LogP contribution in [0.1, 0.15) is 10.4 Å². The van der Waals surface area contributed by atoms with Crippen molar-refractivity contribution in [3.05, 3.63) is 64.0 Å². The van der Waals surface area contributed by atoms with E-state index in [1.54, 1.807) is 18.2 Å². The van der Waals surface area contributed by atoms with Crippen LogP contribution in [0.4, 0.5) is 15.2 Å². The summed E-state index contributed by atoms with van der Waals surface area (Å²) in [5, 5.41) is 11.6. The van der Waals surface area contributed by atoms with Gasteiger partial charge in [-0.25, -0.2) is 9.37 Å². The lowest BCUT2D eigenvalue weighted by molar-refractivity contribution is -0.385. The minimum Gasteiger partial charge on any atom is -0.308 e. The van der Waals surface area contributed by atoms with Crippen LogP contribution in [-0.4, -0.2) is 47.9 Å². The van der Waals surface area contributed by atoms with Gasteiger partial charge in [-0.3, -0.25) is 19.8 Å². The number of amides is 1. The van der Waals surface area contributed by atoms with Gasteiger partial charge in [-0.15, -0.1) is 0 Å². The minimum atomic E-state index is -0.588. The molecule has 1 heterocycles. The summed E-state index contributed by atoms with van der Waals surface area (Å²) in [6.45, 7) is 0.782. The lowest BCUT2D eigenvalue weighted by atomic mass is 10.1. The number of fused-ring (bicyclic) bond motifs is 1. The average molecular weight is 388 g/mol. The quantitative estimate of drug-likeness (QED) is 0.477. The molecule has 3 aromatic rings. The van der Waals surface area contributed by atoms with E-state index in [9.17, 15) is 19.3 Å². The van der Waals surface area contributed by atoms with Crippen molar-refractivity contribution < 1.29 is 14.1 Å². The van der Waals surface area contributed by atoms with E-state index >= 15 is 0 Å².